The molecule has 0 amide bonds. The zero-order valence-corrected chi connectivity index (χ0v) is 11.6. The van der Waals surface area contributed by atoms with Crippen molar-refractivity contribution in [2.45, 2.75) is 32.2 Å². The van der Waals surface area contributed by atoms with Crippen molar-refractivity contribution in [1.29, 1.82) is 0 Å². The Morgan fingerprint density at radius 2 is 2.16 bits per heavy atom. The number of anilines is 2. The van der Waals surface area contributed by atoms with Crippen molar-refractivity contribution in [2.24, 2.45) is 0 Å². The van der Waals surface area contributed by atoms with Crippen LogP contribution in [0.25, 0.3) is 0 Å². The molecular formula is C13H22N4O2. The molecule has 0 saturated carbocycles. The molecule has 19 heavy (non-hydrogen) atoms. The molecule has 2 N–H and O–H groups in total. The summed E-state index contributed by atoms with van der Waals surface area (Å²) in [6.45, 7) is 4.24. The molecule has 0 atom stereocenters. The number of hydrogen-bond acceptors (Lipinski definition) is 6. The summed E-state index contributed by atoms with van der Waals surface area (Å²) in [7, 11) is 2.01. The molecule has 0 aliphatic carbocycles. The number of nitrogens with zero attached hydrogens (tertiary/aromatic N) is 3. The summed E-state index contributed by atoms with van der Waals surface area (Å²) < 4.78 is 10.9. The van der Waals surface area contributed by atoms with Crippen LogP contribution in [0.3, 0.4) is 0 Å². The Hall–Kier alpha value is -1.56. The van der Waals surface area contributed by atoms with Gasteiger partial charge in [0.05, 0.1) is 6.61 Å². The highest BCUT2D eigenvalue weighted by molar-refractivity contribution is 5.67. The summed E-state index contributed by atoms with van der Waals surface area (Å²) in [5, 5.41) is 0. The highest BCUT2D eigenvalue weighted by Crippen LogP contribution is 2.30. The molecule has 2 rings (SSSR count). The summed E-state index contributed by atoms with van der Waals surface area (Å²) in [6, 6.07) is 0.407. The van der Waals surface area contributed by atoms with E-state index in [1.54, 1.807) is 0 Å². The maximum absolute atomic E-state index is 6.11. The van der Waals surface area contributed by atoms with Crippen molar-refractivity contribution >= 4 is 11.5 Å². The molecule has 2 heterocycles. The van der Waals surface area contributed by atoms with Crippen LogP contribution < -0.4 is 15.4 Å². The van der Waals surface area contributed by atoms with E-state index in [1.165, 1.54) is 6.33 Å². The fourth-order valence-electron chi connectivity index (χ4n) is 2.21. The van der Waals surface area contributed by atoms with Crippen molar-refractivity contribution in [2.75, 3.05) is 37.5 Å². The molecule has 6 nitrogen and oxygen atoms in total. The molecule has 1 aromatic rings. The van der Waals surface area contributed by atoms with Gasteiger partial charge in [0.1, 0.15) is 12.0 Å². The number of hydrogen-bond donors (Lipinski definition) is 1. The van der Waals surface area contributed by atoms with Crippen LogP contribution in [0.2, 0.25) is 0 Å². The van der Waals surface area contributed by atoms with Crippen LogP contribution in [0, 0.1) is 0 Å². The average Bonchev–Trinajstić information content (AvgIpc) is 2.46. The summed E-state index contributed by atoms with van der Waals surface area (Å²) in [4.78, 5) is 10.5. The molecule has 0 unspecified atom stereocenters. The largest absolute Gasteiger partial charge is 0.476 e. The van der Waals surface area contributed by atoms with Crippen molar-refractivity contribution < 1.29 is 9.47 Å². The Morgan fingerprint density at radius 1 is 1.42 bits per heavy atom. The maximum atomic E-state index is 6.11. The van der Waals surface area contributed by atoms with Crippen LogP contribution in [0.1, 0.15) is 26.2 Å². The monoisotopic (exact) mass is 266 g/mol. The van der Waals surface area contributed by atoms with Crippen LogP contribution in [-0.2, 0) is 4.74 Å². The number of ether oxygens (including phenoxy) is 2. The van der Waals surface area contributed by atoms with Gasteiger partial charge in [0.25, 0.3) is 0 Å². The fraction of sp³-hybridized carbons (Fsp3) is 0.692. The molecule has 1 aliphatic heterocycles. The second-order valence-electron chi connectivity index (χ2n) is 4.72. The second kappa shape index (κ2) is 6.56. The minimum atomic E-state index is 0.407. The van der Waals surface area contributed by atoms with E-state index in [0.29, 0.717) is 24.2 Å². The van der Waals surface area contributed by atoms with Gasteiger partial charge >= 0.3 is 0 Å². The molecule has 1 saturated heterocycles. The number of nitrogens with two attached hydrogens (primary N) is 1. The Labute approximate surface area is 113 Å². The van der Waals surface area contributed by atoms with E-state index >= 15 is 0 Å². The van der Waals surface area contributed by atoms with Gasteiger partial charge in [0.15, 0.2) is 5.82 Å². The van der Waals surface area contributed by atoms with Gasteiger partial charge in [0, 0.05) is 26.3 Å². The van der Waals surface area contributed by atoms with E-state index in [9.17, 15) is 0 Å². The molecule has 0 spiro atoms. The lowest BCUT2D eigenvalue weighted by atomic mass is 10.1. The molecule has 6 heteroatoms. The Balaban J connectivity index is 2.14. The lowest BCUT2D eigenvalue weighted by Crippen LogP contribution is -2.37. The van der Waals surface area contributed by atoms with E-state index in [2.05, 4.69) is 14.9 Å². The minimum absolute atomic E-state index is 0.407. The summed E-state index contributed by atoms with van der Waals surface area (Å²) in [5.74, 6) is 1.22. The van der Waals surface area contributed by atoms with Crippen LogP contribution >= 0.6 is 0 Å². The third-order valence-corrected chi connectivity index (χ3v) is 3.34. The first-order chi connectivity index (χ1) is 9.24. The van der Waals surface area contributed by atoms with Gasteiger partial charge in [0.2, 0.25) is 5.88 Å². The molecule has 1 aliphatic rings. The van der Waals surface area contributed by atoms with Crippen LogP contribution in [0.15, 0.2) is 6.33 Å². The van der Waals surface area contributed by atoms with Gasteiger partial charge in [-0.1, -0.05) is 6.92 Å². The summed E-state index contributed by atoms with van der Waals surface area (Å²) in [5.41, 5.74) is 6.63. The predicted octanol–water partition coefficient (Wildman–Crippen LogP) is 1.46. The van der Waals surface area contributed by atoms with Gasteiger partial charge in [-0.15, -0.1) is 0 Å². The summed E-state index contributed by atoms with van der Waals surface area (Å²) in [6.07, 6.45) is 4.41. The lowest BCUT2D eigenvalue weighted by Gasteiger charge is -2.32. The number of aromatic nitrogens is 2. The zero-order valence-electron chi connectivity index (χ0n) is 11.6. The van der Waals surface area contributed by atoms with Gasteiger partial charge in [-0.3, -0.25) is 0 Å². The fourth-order valence-corrected chi connectivity index (χ4v) is 2.21. The van der Waals surface area contributed by atoms with Gasteiger partial charge < -0.3 is 20.1 Å². The van der Waals surface area contributed by atoms with E-state index in [1.807, 2.05) is 14.0 Å². The molecule has 1 aromatic heterocycles. The Morgan fingerprint density at radius 3 is 2.84 bits per heavy atom. The first-order valence-electron chi connectivity index (χ1n) is 6.78. The second-order valence-corrected chi connectivity index (χ2v) is 4.72. The highest BCUT2D eigenvalue weighted by Gasteiger charge is 2.22. The number of rotatable bonds is 5. The Kier molecular flexibility index (Phi) is 4.79. The highest BCUT2D eigenvalue weighted by atomic mass is 16.5. The Bertz CT molecular complexity index is 408. The van der Waals surface area contributed by atoms with Gasteiger partial charge in [-0.25, -0.2) is 4.98 Å². The third kappa shape index (κ3) is 3.26. The van der Waals surface area contributed by atoms with E-state index < -0.39 is 0 Å². The van der Waals surface area contributed by atoms with E-state index in [4.69, 9.17) is 15.2 Å². The SMILES string of the molecule is CCCOc1ncnc(N(C)C2CCOCC2)c1N. The van der Waals surface area contributed by atoms with E-state index in [-0.39, 0.29) is 0 Å². The van der Waals surface area contributed by atoms with Crippen LogP contribution in [0.5, 0.6) is 5.88 Å². The third-order valence-electron chi connectivity index (χ3n) is 3.34. The quantitative estimate of drug-likeness (QED) is 0.870. The molecule has 0 radical (unpaired) electrons. The zero-order chi connectivity index (χ0) is 13.7. The normalized spacial score (nSPS) is 16.3. The first-order valence-corrected chi connectivity index (χ1v) is 6.78. The van der Waals surface area contributed by atoms with E-state index in [0.717, 1.165) is 38.3 Å². The van der Waals surface area contributed by atoms with Gasteiger partial charge in [-0.2, -0.15) is 4.98 Å². The minimum Gasteiger partial charge on any atom is -0.476 e. The van der Waals surface area contributed by atoms with Crippen molar-refractivity contribution in [3.05, 3.63) is 6.33 Å². The smallest absolute Gasteiger partial charge is 0.242 e. The van der Waals surface area contributed by atoms with Crippen LogP contribution in [-0.4, -0.2) is 42.9 Å². The standard InChI is InChI=1S/C13H22N4O2/c1-3-6-19-13-11(14)12(15-9-16-13)17(2)10-4-7-18-8-5-10/h9-10H,3-8,14H2,1-2H3. The van der Waals surface area contributed by atoms with Crippen molar-refractivity contribution in [3.63, 3.8) is 0 Å². The molecule has 0 aromatic carbocycles. The molecule has 0 bridgehead atoms. The van der Waals surface area contributed by atoms with Crippen molar-refractivity contribution in [3.8, 4) is 5.88 Å². The molecule has 1 fully saturated rings. The predicted molar refractivity (Wildman–Crippen MR) is 74.5 cm³/mol. The van der Waals surface area contributed by atoms with Crippen LogP contribution in [0.4, 0.5) is 11.5 Å². The molecular weight excluding hydrogens is 244 g/mol. The number of nitrogen functional groups attached to an aromatic ring is 1. The lowest BCUT2D eigenvalue weighted by molar-refractivity contribution is 0.0853. The topological polar surface area (TPSA) is 73.5 Å². The first kappa shape index (κ1) is 13.9. The summed E-state index contributed by atoms with van der Waals surface area (Å²) >= 11 is 0. The van der Waals surface area contributed by atoms with Gasteiger partial charge in [-0.05, 0) is 19.3 Å². The average molecular weight is 266 g/mol. The molecule has 106 valence electrons. The maximum Gasteiger partial charge on any atom is 0.242 e. The van der Waals surface area contributed by atoms with Crippen molar-refractivity contribution in [1.82, 2.24) is 9.97 Å².